The number of carbonyl (C=O) groups excluding carboxylic acids is 1. The lowest BCUT2D eigenvalue weighted by atomic mass is 10.2. The molecule has 0 saturated heterocycles. The van der Waals surface area contributed by atoms with E-state index in [1.165, 1.54) is 0 Å². The highest BCUT2D eigenvalue weighted by Crippen LogP contribution is 2.54. The number of phenols is 1. The van der Waals surface area contributed by atoms with E-state index < -0.39 is 53.3 Å². The van der Waals surface area contributed by atoms with E-state index in [9.17, 15) is 34.6 Å². The number of non-ortho nitro benzene ring substituents is 1. The lowest BCUT2D eigenvalue weighted by molar-refractivity contribution is -0.384. The number of hydrogen-bond donors (Lipinski definition) is 5. The topological polar surface area (TPSA) is 184 Å². The summed E-state index contributed by atoms with van der Waals surface area (Å²) in [4.78, 5) is 52.0. The molecule has 0 heterocycles. The molecule has 0 amide bonds. The van der Waals surface area contributed by atoms with Gasteiger partial charge in [0.1, 0.15) is 23.5 Å². The fourth-order valence-electron chi connectivity index (χ4n) is 1.55. The van der Waals surface area contributed by atoms with Crippen molar-refractivity contribution in [2.24, 2.45) is 5.73 Å². The van der Waals surface area contributed by atoms with E-state index in [0.717, 1.165) is 18.2 Å². The summed E-state index contributed by atoms with van der Waals surface area (Å²) in [6, 6.07) is 1.16. The number of nitro benzene ring substituents is 1. The fourth-order valence-corrected chi connectivity index (χ4v) is 2.95. The number of aromatic hydroxyl groups is 1. The van der Waals surface area contributed by atoms with Gasteiger partial charge < -0.3 is 15.9 Å². The van der Waals surface area contributed by atoms with E-state index in [-0.39, 0.29) is 6.42 Å². The normalized spacial score (nSPS) is 12.7. The van der Waals surface area contributed by atoms with Crippen LogP contribution >= 0.6 is 7.72 Å². The Bertz CT molecular complexity index is 618. The van der Waals surface area contributed by atoms with Crippen LogP contribution in [-0.4, -0.2) is 48.6 Å². The van der Waals surface area contributed by atoms with Crippen LogP contribution in [0, 0.1) is 10.1 Å². The van der Waals surface area contributed by atoms with Gasteiger partial charge in [-0.05, 0) is 6.07 Å². The summed E-state index contributed by atoms with van der Waals surface area (Å²) in [6.45, 7) is 0. The van der Waals surface area contributed by atoms with Crippen molar-refractivity contribution in [3.63, 3.8) is 0 Å². The van der Waals surface area contributed by atoms with Gasteiger partial charge in [0.2, 0.25) is 0 Å². The second-order valence-electron chi connectivity index (χ2n) is 4.45. The molecule has 0 spiro atoms. The smallest absolute Gasteiger partial charge is 0.360 e. The van der Waals surface area contributed by atoms with Crippen molar-refractivity contribution < 1.29 is 34.5 Å². The Balaban J connectivity index is 3.00. The molecular weight excluding hydrogens is 319 g/mol. The van der Waals surface area contributed by atoms with Crippen LogP contribution in [0.1, 0.15) is 16.8 Å². The molecule has 0 aromatic heterocycles. The standard InChI is InChI=1S/C11H13N2O8P/c12-8(10(15)16)3-4-22(20,21)11(17)7-5-6(13(18)19)1-2-9(7)14/h1-2,5,8,20-21H,3-4,12H2,(H-,14,15,16,17)/p+1/t8-/m0/s1. The number of carbonyl (C=O) groups is 2. The first kappa shape index (κ1) is 17.9. The molecule has 10 nitrogen and oxygen atoms in total. The van der Waals surface area contributed by atoms with Crippen LogP contribution in [0.15, 0.2) is 18.2 Å². The van der Waals surface area contributed by atoms with E-state index in [0.29, 0.717) is 0 Å². The Labute approximate surface area is 124 Å². The summed E-state index contributed by atoms with van der Waals surface area (Å²) < 4.78 is 0. The number of benzene rings is 1. The maximum atomic E-state index is 12.0. The number of nitrogens with zero attached hydrogens (tertiary/aromatic N) is 1. The number of nitro groups is 1. The number of carboxylic acids is 1. The average Bonchev–Trinajstić information content (AvgIpc) is 2.44. The zero-order valence-electron chi connectivity index (χ0n) is 11.1. The average molecular weight is 333 g/mol. The molecule has 1 atom stereocenters. The Morgan fingerprint density at radius 3 is 2.45 bits per heavy atom. The summed E-state index contributed by atoms with van der Waals surface area (Å²) in [6.07, 6.45) is -0.987. The number of hydrogen-bond acceptors (Lipinski definition) is 8. The minimum atomic E-state index is -4.29. The Morgan fingerprint density at radius 2 is 1.95 bits per heavy atom. The molecule has 0 aliphatic carbocycles. The largest absolute Gasteiger partial charge is 0.507 e. The van der Waals surface area contributed by atoms with Crippen LogP contribution in [0.2, 0.25) is 0 Å². The summed E-state index contributed by atoms with van der Waals surface area (Å²) >= 11 is 0. The molecule has 0 aliphatic heterocycles. The Kier molecular flexibility index (Phi) is 5.50. The predicted octanol–water partition coefficient (Wildman–Crippen LogP) is 0.0748. The van der Waals surface area contributed by atoms with Crippen LogP contribution in [-0.2, 0) is 4.79 Å². The molecule has 22 heavy (non-hydrogen) atoms. The number of carboxylic acid groups (broad SMARTS) is 1. The van der Waals surface area contributed by atoms with E-state index in [1.807, 2.05) is 0 Å². The van der Waals surface area contributed by atoms with Crippen molar-refractivity contribution in [1.82, 2.24) is 0 Å². The van der Waals surface area contributed by atoms with E-state index >= 15 is 0 Å². The first-order valence-electron chi connectivity index (χ1n) is 5.90. The molecule has 0 radical (unpaired) electrons. The highest BCUT2D eigenvalue weighted by molar-refractivity contribution is 7.81. The molecular formula is C11H14N2O8P+. The van der Waals surface area contributed by atoms with E-state index in [2.05, 4.69) is 0 Å². The molecule has 0 aliphatic rings. The van der Waals surface area contributed by atoms with Crippen LogP contribution in [0.4, 0.5) is 5.69 Å². The third-order valence-corrected chi connectivity index (χ3v) is 4.59. The summed E-state index contributed by atoms with van der Waals surface area (Å²) in [5, 5.41) is 28.8. The molecule has 1 aromatic rings. The molecule has 11 heteroatoms. The van der Waals surface area contributed by atoms with Crippen molar-refractivity contribution in [1.29, 1.82) is 0 Å². The molecule has 0 fully saturated rings. The van der Waals surface area contributed by atoms with Crippen molar-refractivity contribution in [2.45, 2.75) is 12.5 Å². The molecule has 120 valence electrons. The Hall–Kier alpha value is -2.13. The maximum absolute atomic E-state index is 12.0. The highest BCUT2D eigenvalue weighted by Gasteiger charge is 2.46. The van der Waals surface area contributed by atoms with Crippen molar-refractivity contribution >= 4 is 24.9 Å². The third-order valence-electron chi connectivity index (χ3n) is 2.82. The molecule has 0 unspecified atom stereocenters. The minimum absolute atomic E-state index is 0.377. The SMILES string of the molecule is N[C@@H](CC[P+](O)(O)C(=O)c1cc([N+](=O)[O-])ccc1O)C(=O)O. The lowest BCUT2D eigenvalue weighted by Crippen LogP contribution is -2.31. The second kappa shape index (κ2) is 6.75. The Morgan fingerprint density at radius 1 is 1.36 bits per heavy atom. The number of aliphatic carboxylic acids is 1. The summed E-state index contributed by atoms with van der Waals surface area (Å²) in [5.74, 6) is -2.02. The number of phenolic OH excluding ortho intramolecular Hbond substituents is 1. The molecule has 0 bridgehead atoms. The first-order chi connectivity index (χ1) is 10.1. The monoisotopic (exact) mass is 333 g/mol. The number of rotatable bonds is 7. The van der Waals surface area contributed by atoms with Gasteiger partial charge in [0.25, 0.3) is 5.69 Å². The highest BCUT2D eigenvalue weighted by atomic mass is 31.2. The first-order valence-corrected chi connectivity index (χ1v) is 7.78. The molecule has 6 N–H and O–H groups in total. The van der Waals surface area contributed by atoms with Crippen LogP contribution in [0.25, 0.3) is 0 Å². The van der Waals surface area contributed by atoms with Gasteiger partial charge in [-0.15, -0.1) is 0 Å². The van der Waals surface area contributed by atoms with Gasteiger partial charge in [0, 0.05) is 18.6 Å². The lowest BCUT2D eigenvalue weighted by Gasteiger charge is -2.12. The predicted molar refractivity (Wildman–Crippen MR) is 75.5 cm³/mol. The zero-order valence-corrected chi connectivity index (χ0v) is 12.0. The maximum Gasteiger partial charge on any atom is 0.360 e. The number of nitrogens with two attached hydrogens (primary N) is 1. The van der Waals surface area contributed by atoms with Gasteiger partial charge in [-0.1, -0.05) is 0 Å². The van der Waals surface area contributed by atoms with E-state index in [1.54, 1.807) is 0 Å². The molecule has 1 aromatic carbocycles. The minimum Gasteiger partial charge on any atom is -0.507 e. The van der Waals surface area contributed by atoms with Gasteiger partial charge in [-0.2, -0.15) is 0 Å². The van der Waals surface area contributed by atoms with Crippen LogP contribution < -0.4 is 5.73 Å². The molecule has 0 saturated carbocycles. The zero-order chi connectivity index (χ0) is 17.1. The van der Waals surface area contributed by atoms with Crippen LogP contribution in [0.3, 0.4) is 0 Å². The molecule has 1 rings (SSSR count). The van der Waals surface area contributed by atoms with Gasteiger partial charge >= 0.3 is 19.2 Å². The summed E-state index contributed by atoms with van der Waals surface area (Å²) in [7, 11) is -4.29. The summed E-state index contributed by atoms with van der Waals surface area (Å²) in [5.41, 5.74) is 2.79. The van der Waals surface area contributed by atoms with Crippen molar-refractivity contribution in [2.75, 3.05) is 6.16 Å². The van der Waals surface area contributed by atoms with Gasteiger partial charge in [0.15, 0.2) is 0 Å². The van der Waals surface area contributed by atoms with Gasteiger partial charge in [-0.25, -0.2) is 14.6 Å². The second-order valence-corrected chi connectivity index (χ2v) is 6.77. The third kappa shape index (κ3) is 4.18. The van der Waals surface area contributed by atoms with Gasteiger partial charge in [-0.3, -0.25) is 14.9 Å². The van der Waals surface area contributed by atoms with Crippen molar-refractivity contribution in [3.8, 4) is 5.75 Å². The van der Waals surface area contributed by atoms with E-state index in [4.69, 9.17) is 10.8 Å². The fraction of sp³-hybridized carbons (Fsp3) is 0.273. The van der Waals surface area contributed by atoms with Gasteiger partial charge in [0.05, 0.1) is 4.92 Å². The quantitative estimate of drug-likeness (QED) is 0.262. The van der Waals surface area contributed by atoms with Crippen LogP contribution in [0.5, 0.6) is 5.75 Å². The van der Waals surface area contributed by atoms with Crippen molar-refractivity contribution in [3.05, 3.63) is 33.9 Å².